The normalized spacial score (nSPS) is 10.6. The van der Waals surface area contributed by atoms with Crippen LogP contribution in [0.3, 0.4) is 0 Å². The number of hydrogen-bond acceptors (Lipinski definition) is 8. The van der Waals surface area contributed by atoms with E-state index in [4.69, 9.17) is 14.2 Å². The van der Waals surface area contributed by atoms with Crippen molar-refractivity contribution in [3.8, 4) is 17.2 Å². The van der Waals surface area contributed by atoms with Gasteiger partial charge in [0, 0.05) is 5.69 Å². The molecule has 3 amide bonds. The maximum atomic E-state index is 12.8. The molecule has 0 aromatic heterocycles. The van der Waals surface area contributed by atoms with Crippen molar-refractivity contribution in [2.75, 3.05) is 24.4 Å². The number of para-hydroxylation sites is 1. The molecule has 0 spiro atoms. The zero-order chi connectivity index (χ0) is 32.9. The SMILES string of the molecule is CCCCOc1ccc(C(=O)Oc2ccc(/C=N\NC(=O)C(=O)Nc3ccccc3C(=O)Nc3ccc(C)cc3)cc2OC)cc1. The van der Waals surface area contributed by atoms with E-state index in [9.17, 15) is 19.2 Å². The molecular weight excluding hydrogens is 588 g/mol. The number of methoxy groups -OCH3 is 1. The zero-order valence-electron chi connectivity index (χ0n) is 25.7. The number of amides is 3. The maximum absolute atomic E-state index is 12.8. The number of unbranched alkanes of at least 4 members (excludes halogenated alkanes) is 1. The van der Waals surface area contributed by atoms with E-state index in [1.54, 1.807) is 60.7 Å². The molecule has 0 aliphatic carbocycles. The molecule has 0 aliphatic heterocycles. The van der Waals surface area contributed by atoms with Crippen LogP contribution in [0.15, 0.2) is 96.1 Å². The van der Waals surface area contributed by atoms with Gasteiger partial charge in [-0.05, 0) is 85.6 Å². The van der Waals surface area contributed by atoms with Crippen molar-refractivity contribution in [1.82, 2.24) is 5.43 Å². The molecule has 236 valence electrons. The lowest BCUT2D eigenvalue weighted by Gasteiger charge is -2.11. The lowest BCUT2D eigenvalue weighted by Crippen LogP contribution is -2.33. The van der Waals surface area contributed by atoms with E-state index in [0.717, 1.165) is 18.4 Å². The number of nitrogens with zero attached hydrogens (tertiary/aromatic N) is 1. The van der Waals surface area contributed by atoms with Crippen LogP contribution in [0.4, 0.5) is 11.4 Å². The van der Waals surface area contributed by atoms with Crippen LogP contribution in [0.25, 0.3) is 0 Å². The van der Waals surface area contributed by atoms with Gasteiger partial charge in [0.1, 0.15) is 5.75 Å². The smallest absolute Gasteiger partial charge is 0.343 e. The third kappa shape index (κ3) is 9.26. The van der Waals surface area contributed by atoms with Gasteiger partial charge in [-0.15, -0.1) is 0 Å². The number of carbonyl (C=O) groups excluding carboxylic acids is 4. The van der Waals surface area contributed by atoms with Crippen molar-refractivity contribution in [2.24, 2.45) is 5.10 Å². The first-order valence-electron chi connectivity index (χ1n) is 14.5. The first-order valence-corrected chi connectivity index (χ1v) is 14.5. The van der Waals surface area contributed by atoms with E-state index < -0.39 is 23.7 Å². The highest BCUT2D eigenvalue weighted by atomic mass is 16.6. The van der Waals surface area contributed by atoms with Gasteiger partial charge in [-0.1, -0.05) is 43.2 Å². The largest absolute Gasteiger partial charge is 0.494 e. The fraction of sp³-hybridized carbons (Fsp3) is 0.171. The van der Waals surface area contributed by atoms with Gasteiger partial charge < -0.3 is 24.8 Å². The second-order valence-corrected chi connectivity index (χ2v) is 10.0. The molecular formula is C35H34N4O7. The van der Waals surface area contributed by atoms with Gasteiger partial charge in [-0.3, -0.25) is 14.4 Å². The molecule has 0 aliphatic rings. The summed E-state index contributed by atoms with van der Waals surface area (Å²) in [7, 11) is 1.42. The van der Waals surface area contributed by atoms with Crippen LogP contribution in [0.1, 0.15) is 51.6 Å². The molecule has 3 N–H and O–H groups in total. The van der Waals surface area contributed by atoms with E-state index in [-0.39, 0.29) is 22.7 Å². The molecule has 0 bridgehead atoms. The number of ether oxygens (including phenoxy) is 3. The van der Waals surface area contributed by atoms with Crippen molar-refractivity contribution in [3.05, 3.63) is 113 Å². The van der Waals surface area contributed by atoms with E-state index in [0.29, 0.717) is 29.2 Å². The Morgan fingerprint density at radius 1 is 0.826 bits per heavy atom. The number of hydrogen-bond donors (Lipinski definition) is 3. The van der Waals surface area contributed by atoms with Crippen molar-refractivity contribution >= 4 is 41.3 Å². The number of aryl methyl sites for hydroxylation is 1. The number of esters is 1. The lowest BCUT2D eigenvalue weighted by atomic mass is 10.1. The summed E-state index contributed by atoms with van der Waals surface area (Å²) in [6.45, 7) is 4.62. The molecule has 0 saturated heterocycles. The molecule has 4 rings (SSSR count). The predicted octanol–water partition coefficient (Wildman–Crippen LogP) is 5.74. The molecule has 11 heteroatoms. The molecule has 11 nitrogen and oxygen atoms in total. The van der Waals surface area contributed by atoms with Crippen molar-refractivity contribution in [3.63, 3.8) is 0 Å². The van der Waals surface area contributed by atoms with Gasteiger partial charge in [0.15, 0.2) is 11.5 Å². The summed E-state index contributed by atoms with van der Waals surface area (Å²) in [6.07, 6.45) is 3.26. The van der Waals surface area contributed by atoms with Crippen LogP contribution in [-0.2, 0) is 9.59 Å². The average Bonchev–Trinajstić information content (AvgIpc) is 3.07. The van der Waals surface area contributed by atoms with Gasteiger partial charge in [0.2, 0.25) is 0 Å². The van der Waals surface area contributed by atoms with Crippen LogP contribution >= 0.6 is 0 Å². The summed E-state index contributed by atoms with van der Waals surface area (Å²) in [5, 5.41) is 9.04. The number of hydrazone groups is 1. The van der Waals surface area contributed by atoms with Crippen LogP contribution < -0.4 is 30.3 Å². The molecule has 4 aromatic carbocycles. The quantitative estimate of drug-likeness (QED) is 0.0456. The van der Waals surface area contributed by atoms with E-state index in [1.807, 2.05) is 19.1 Å². The van der Waals surface area contributed by atoms with Gasteiger partial charge in [-0.2, -0.15) is 5.10 Å². The van der Waals surface area contributed by atoms with Gasteiger partial charge >= 0.3 is 17.8 Å². The Morgan fingerprint density at radius 3 is 2.28 bits per heavy atom. The summed E-state index contributed by atoms with van der Waals surface area (Å²) in [4.78, 5) is 50.5. The number of nitrogens with one attached hydrogen (secondary N) is 3. The Morgan fingerprint density at radius 2 is 1.57 bits per heavy atom. The van der Waals surface area contributed by atoms with Gasteiger partial charge in [0.05, 0.1) is 36.7 Å². The first-order chi connectivity index (χ1) is 22.3. The Labute approximate surface area is 266 Å². The average molecular weight is 623 g/mol. The predicted molar refractivity (Wildman–Crippen MR) is 175 cm³/mol. The van der Waals surface area contributed by atoms with Crippen LogP contribution in [0.5, 0.6) is 17.2 Å². The summed E-state index contributed by atoms with van der Waals surface area (Å²) in [5.41, 5.74) is 4.94. The minimum absolute atomic E-state index is 0.155. The third-order valence-corrected chi connectivity index (χ3v) is 6.56. The minimum Gasteiger partial charge on any atom is -0.494 e. The molecule has 0 unspecified atom stereocenters. The molecule has 4 aromatic rings. The molecule has 46 heavy (non-hydrogen) atoms. The highest BCUT2D eigenvalue weighted by Crippen LogP contribution is 2.28. The van der Waals surface area contributed by atoms with E-state index >= 15 is 0 Å². The second kappa shape index (κ2) is 16.2. The zero-order valence-corrected chi connectivity index (χ0v) is 25.7. The van der Waals surface area contributed by atoms with Crippen molar-refractivity contribution in [2.45, 2.75) is 26.7 Å². The van der Waals surface area contributed by atoms with Crippen LogP contribution in [0.2, 0.25) is 0 Å². The topological polar surface area (TPSA) is 144 Å². The summed E-state index contributed by atoms with van der Waals surface area (Å²) >= 11 is 0. The molecule has 0 heterocycles. The third-order valence-electron chi connectivity index (χ3n) is 6.56. The van der Waals surface area contributed by atoms with E-state index in [1.165, 1.54) is 31.5 Å². The minimum atomic E-state index is -1.05. The first kappa shape index (κ1) is 32.9. The highest BCUT2D eigenvalue weighted by Gasteiger charge is 2.18. The fourth-order valence-corrected chi connectivity index (χ4v) is 4.05. The summed E-state index contributed by atoms with van der Waals surface area (Å²) < 4.78 is 16.5. The van der Waals surface area contributed by atoms with Crippen molar-refractivity contribution < 1.29 is 33.4 Å². The van der Waals surface area contributed by atoms with Crippen molar-refractivity contribution in [1.29, 1.82) is 0 Å². The number of carbonyl (C=O) groups is 4. The van der Waals surface area contributed by atoms with Gasteiger partial charge in [-0.25, -0.2) is 10.2 Å². The molecule has 0 saturated carbocycles. The second-order valence-electron chi connectivity index (χ2n) is 10.0. The molecule has 0 radical (unpaired) electrons. The Kier molecular flexibility index (Phi) is 11.6. The number of benzene rings is 4. The lowest BCUT2D eigenvalue weighted by molar-refractivity contribution is -0.136. The highest BCUT2D eigenvalue weighted by molar-refractivity contribution is 6.40. The Bertz CT molecular complexity index is 1720. The standard InChI is InChI=1S/C35H34N4O7/c1-4-5-20-45-27-17-13-25(14-18-27)35(43)46-30-19-12-24(21-31(30)44-3)22-36-39-34(42)33(41)38-29-9-7-6-8-28(29)32(40)37-26-15-10-23(2)11-16-26/h6-19,21-22H,4-5,20H2,1-3H3,(H,37,40)(H,38,41)(H,39,42)/b36-22-. The monoisotopic (exact) mass is 622 g/mol. The summed E-state index contributed by atoms with van der Waals surface area (Å²) in [5.74, 6) is -2.00. The molecule has 0 fully saturated rings. The van der Waals surface area contributed by atoms with Gasteiger partial charge in [0.25, 0.3) is 5.91 Å². The fourth-order valence-electron chi connectivity index (χ4n) is 4.05. The van der Waals surface area contributed by atoms with E-state index in [2.05, 4.69) is 28.1 Å². The van der Waals surface area contributed by atoms with Crippen LogP contribution in [0, 0.1) is 6.92 Å². The maximum Gasteiger partial charge on any atom is 0.343 e. The Hall–Kier alpha value is -5.97. The van der Waals surface area contributed by atoms with Crippen LogP contribution in [-0.4, -0.2) is 43.6 Å². The number of rotatable bonds is 12. The molecule has 0 atom stereocenters. The number of anilines is 2. The Balaban J connectivity index is 1.32. The summed E-state index contributed by atoms with van der Waals surface area (Å²) in [6, 6.07) is 24.9.